The van der Waals surface area contributed by atoms with Crippen LogP contribution in [0, 0.1) is 0 Å². The normalized spacial score (nSPS) is 10.6. The number of hydrogen-bond acceptors (Lipinski definition) is 4. The summed E-state index contributed by atoms with van der Waals surface area (Å²) in [5, 5.41) is 1.29. The fraction of sp³-hybridized carbons (Fsp3) is 0. The van der Waals surface area contributed by atoms with Crippen LogP contribution in [0.15, 0.2) is 48.7 Å². The predicted octanol–water partition coefficient (Wildman–Crippen LogP) is 3.66. The number of benzene rings is 1. The van der Waals surface area contributed by atoms with Crippen LogP contribution >= 0.6 is 11.6 Å². The number of halogens is 1. The van der Waals surface area contributed by atoms with Gasteiger partial charge in [0, 0.05) is 23.3 Å². The molecule has 3 aromatic rings. The lowest BCUT2D eigenvalue weighted by atomic mass is 10.2. The Labute approximate surface area is 114 Å². The van der Waals surface area contributed by atoms with Crippen LogP contribution in [0.5, 0.6) is 11.6 Å². The van der Waals surface area contributed by atoms with Crippen molar-refractivity contribution in [2.75, 3.05) is 5.73 Å². The first-order valence-electron chi connectivity index (χ1n) is 5.67. The van der Waals surface area contributed by atoms with Crippen molar-refractivity contribution in [1.82, 2.24) is 9.97 Å². The van der Waals surface area contributed by atoms with Crippen LogP contribution in [0.1, 0.15) is 0 Å². The summed E-state index contributed by atoms with van der Waals surface area (Å²) < 4.78 is 5.72. The van der Waals surface area contributed by atoms with Crippen LogP contribution in [-0.2, 0) is 0 Å². The highest BCUT2D eigenvalue weighted by Crippen LogP contribution is 2.28. The molecule has 0 saturated heterocycles. The SMILES string of the molecule is Nc1cc(Cl)nc(Oc2cccc3cccnc23)c1. The van der Waals surface area contributed by atoms with E-state index >= 15 is 0 Å². The van der Waals surface area contributed by atoms with Gasteiger partial charge in [-0.15, -0.1) is 0 Å². The summed E-state index contributed by atoms with van der Waals surface area (Å²) in [5.41, 5.74) is 6.98. The highest BCUT2D eigenvalue weighted by Gasteiger charge is 2.06. The number of pyridine rings is 2. The van der Waals surface area contributed by atoms with E-state index in [1.165, 1.54) is 0 Å². The van der Waals surface area contributed by atoms with E-state index in [-0.39, 0.29) is 0 Å². The number of anilines is 1. The van der Waals surface area contributed by atoms with Gasteiger partial charge < -0.3 is 10.5 Å². The molecule has 0 amide bonds. The molecule has 0 saturated carbocycles. The lowest BCUT2D eigenvalue weighted by Crippen LogP contribution is -1.93. The highest BCUT2D eigenvalue weighted by molar-refractivity contribution is 6.29. The van der Waals surface area contributed by atoms with E-state index in [0.717, 1.165) is 10.9 Å². The molecule has 0 unspecified atom stereocenters. The van der Waals surface area contributed by atoms with Crippen molar-refractivity contribution in [3.63, 3.8) is 0 Å². The minimum Gasteiger partial charge on any atom is -0.437 e. The number of rotatable bonds is 2. The number of para-hydroxylation sites is 1. The first-order valence-corrected chi connectivity index (χ1v) is 6.05. The highest BCUT2D eigenvalue weighted by atomic mass is 35.5. The Balaban J connectivity index is 2.05. The Kier molecular flexibility index (Phi) is 2.93. The van der Waals surface area contributed by atoms with E-state index in [0.29, 0.717) is 22.5 Å². The van der Waals surface area contributed by atoms with Gasteiger partial charge in [-0.1, -0.05) is 29.8 Å². The Morgan fingerprint density at radius 2 is 1.95 bits per heavy atom. The topological polar surface area (TPSA) is 61.0 Å². The second-order valence-corrected chi connectivity index (χ2v) is 4.38. The molecule has 0 aliphatic carbocycles. The predicted molar refractivity (Wildman–Crippen MR) is 75.5 cm³/mol. The molecule has 2 heterocycles. The molecule has 0 radical (unpaired) electrons. The van der Waals surface area contributed by atoms with Crippen molar-refractivity contribution in [3.8, 4) is 11.6 Å². The van der Waals surface area contributed by atoms with Crippen LogP contribution < -0.4 is 10.5 Å². The van der Waals surface area contributed by atoms with Crippen molar-refractivity contribution in [2.45, 2.75) is 0 Å². The van der Waals surface area contributed by atoms with E-state index in [1.807, 2.05) is 30.3 Å². The fourth-order valence-electron chi connectivity index (χ4n) is 1.82. The van der Waals surface area contributed by atoms with E-state index in [2.05, 4.69) is 9.97 Å². The third-order valence-electron chi connectivity index (χ3n) is 2.60. The summed E-state index contributed by atoms with van der Waals surface area (Å²) in [5.74, 6) is 0.968. The minimum atomic E-state index is 0.295. The molecule has 2 aromatic heterocycles. The summed E-state index contributed by atoms with van der Waals surface area (Å²) in [6.07, 6.45) is 1.72. The number of nitrogens with two attached hydrogens (primary N) is 1. The molecular weight excluding hydrogens is 262 g/mol. The number of ether oxygens (including phenoxy) is 1. The molecular formula is C14H10ClN3O. The van der Waals surface area contributed by atoms with E-state index in [9.17, 15) is 0 Å². The van der Waals surface area contributed by atoms with Crippen molar-refractivity contribution < 1.29 is 4.74 Å². The first kappa shape index (κ1) is 11.7. The van der Waals surface area contributed by atoms with E-state index < -0.39 is 0 Å². The zero-order valence-corrected chi connectivity index (χ0v) is 10.6. The third-order valence-corrected chi connectivity index (χ3v) is 2.80. The fourth-order valence-corrected chi connectivity index (χ4v) is 2.02. The maximum absolute atomic E-state index is 5.85. The molecule has 3 rings (SSSR count). The molecule has 0 fully saturated rings. The van der Waals surface area contributed by atoms with Gasteiger partial charge in [-0.25, -0.2) is 4.98 Å². The number of nitrogen functional groups attached to an aromatic ring is 1. The van der Waals surface area contributed by atoms with Gasteiger partial charge >= 0.3 is 0 Å². The van der Waals surface area contributed by atoms with E-state index in [4.69, 9.17) is 22.1 Å². The van der Waals surface area contributed by atoms with Crippen molar-refractivity contribution in [1.29, 1.82) is 0 Å². The average molecular weight is 272 g/mol. The molecule has 5 heteroatoms. The molecule has 2 N–H and O–H groups in total. The average Bonchev–Trinajstić information content (AvgIpc) is 2.38. The lowest BCUT2D eigenvalue weighted by molar-refractivity contribution is 0.467. The molecule has 0 atom stereocenters. The van der Waals surface area contributed by atoms with Crippen LogP contribution in [0.3, 0.4) is 0 Å². The quantitative estimate of drug-likeness (QED) is 0.723. The number of fused-ring (bicyclic) bond motifs is 1. The molecule has 0 aliphatic rings. The third kappa shape index (κ3) is 2.44. The van der Waals surface area contributed by atoms with Crippen LogP contribution in [0.4, 0.5) is 5.69 Å². The maximum Gasteiger partial charge on any atom is 0.222 e. The monoisotopic (exact) mass is 271 g/mol. The molecule has 0 spiro atoms. The van der Waals surface area contributed by atoms with Gasteiger partial charge in [0.25, 0.3) is 0 Å². The van der Waals surface area contributed by atoms with Crippen LogP contribution in [0.25, 0.3) is 10.9 Å². The molecule has 19 heavy (non-hydrogen) atoms. The second kappa shape index (κ2) is 4.74. The van der Waals surface area contributed by atoms with Gasteiger partial charge in [0.15, 0.2) is 5.75 Å². The number of nitrogens with zero attached hydrogens (tertiary/aromatic N) is 2. The zero-order chi connectivity index (χ0) is 13.2. The second-order valence-electron chi connectivity index (χ2n) is 3.99. The summed E-state index contributed by atoms with van der Waals surface area (Å²) in [7, 11) is 0. The Morgan fingerprint density at radius 3 is 2.79 bits per heavy atom. The first-order chi connectivity index (χ1) is 9.22. The number of aromatic nitrogens is 2. The standard InChI is InChI=1S/C14H10ClN3O/c15-12-7-10(16)8-13(18-12)19-11-5-1-3-9-4-2-6-17-14(9)11/h1-8H,(H2,16,18). The Morgan fingerprint density at radius 1 is 1.11 bits per heavy atom. The van der Waals surface area contributed by atoms with Gasteiger partial charge in [0.05, 0.1) is 0 Å². The van der Waals surface area contributed by atoms with Crippen molar-refractivity contribution in [2.24, 2.45) is 0 Å². The van der Waals surface area contributed by atoms with Crippen molar-refractivity contribution in [3.05, 3.63) is 53.8 Å². The van der Waals surface area contributed by atoms with Gasteiger partial charge in [-0.05, 0) is 18.2 Å². The summed E-state index contributed by atoms with van der Waals surface area (Å²) >= 11 is 5.85. The zero-order valence-electron chi connectivity index (χ0n) is 9.88. The minimum absolute atomic E-state index is 0.295. The molecule has 94 valence electrons. The summed E-state index contributed by atoms with van der Waals surface area (Å²) in [4.78, 5) is 8.38. The molecule has 4 nitrogen and oxygen atoms in total. The summed E-state index contributed by atoms with van der Waals surface area (Å²) in [6, 6.07) is 12.7. The van der Waals surface area contributed by atoms with Gasteiger partial charge in [-0.3, -0.25) is 4.98 Å². The van der Waals surface area contributed by atoms with Crippen LogP contribution in [-0.4, -0.2) is 9.97 Å². The molecule has 1 aromatic carbocycles. The van der Waals surface area contributed by atoms with Gasteiger partial charge in [-0.2, -0.15) is 0 Å². The largest absolute Gasteiger partial charge is 0.437 e. The maximum atomic E-state index is 5.85. The van der Waals surface area contributed by atoms with E-state index in [1.54, 1.807) is 18.3 Å². The number of hydrogen-bond donors (Lipinski definition) is 1. The Bertz CT molecular complexity index is 720. The smallest absolute Gasteiger partial charge is 0.222 e. The van der Waals surface area contributed by atoms with Gasteiger partial charge in [0.1, 0.15) is 10.7 Å². The molecule has 0 bridgehead atoms. The van der Waals surface area contributed by atoms with Gasteiger partial charge in [0.2, 0.25) is 5.88 Å². The lowest BCUT2D eigenvalue weighted by Gasteiger charge is -2.08. The Hall–Kier alpha value is -2.33. The molecule has 0 aliphatic heterocycles. The van der Waals surface area contributed by atoms with Crippen LogP contribution in [0.2, 0.25) is 5.15 Å². The van der Waals surface area contributed by atoms with Crippen molar-refractivity contribution >= 4 is 28.2 Å². The summed E-state index contributed by atoms with van der Waals surface area (Å²) in [6.45, 7) is 0.